The van der Waals surface area contributed by atoms with Crippen molar-refractivity contribution in [2.24, 2.45) is 0 Å². The number of aryl methyl sites for hydroxylation is 2. The molecule has 0 atom stereocenters. The molecule has 1 amide bonds. The minimum absolute atomic E-state index is 0.170. The molecule has 0 spiro atoms. The fourth-order valence-electron chi connectivity index (χ4n) is 3.17. The van der Waals surface area contributed by atoms with Crippen LogP contribution in [0.25, 0.3) is 11.5 Å². The van der Waals surface area contributed by atoms with Crippen LogP contribution in [-0.4, -0.2) is 66.5 Å². The van der Waals surface area contributed by atoms with Gasteiger partial charge in [0.2, 0.25) is 5.89 Å². The highest BCUT2D eigenvalue weighted by atomic mass is 16.4. The first kappa shape index (κ1) is 18.6. The number of aromatic nitrogens is 1. The van der Waals surface area contributed by atoms with E-state index < -0.39 is 0 Å². The molecular formula is C20H28N4O2. The number of amides is 1. The van der Waals surface area contributed by atoms with Gasteiger partial charge < -0.3 is 14.6 Å². The molecule has 1 aromatic carbocycles. The maximum atomic E-state index is 12.4. The predicted molar refractivity (Wildman–Crippen MR) is 102 cm³/mol. The largest absolute Gasteiger partial charge is 0.441 e. The number of rotatable bonds is 6. The number of piperazine rings is 1. The average Bonchev–Trinajstić information content (AvgIpc) is 3.04. The summed E-state index contributed by atoms with van der Waals surface area (Å²) >= 11 is 0. The Labute approximate surface area is 155 Å². The first-order chi connectivity index (χ1) is 12.6. The van der Waals surface area contributed by atoms with Crippen LogP contribution in [-0.2, 0) is 0 Å². The predicted octanol–water partition coefficient (Wildman–Crippen LogP) is 2.33. The van der Waals surface area contributed by atoms with Crippen LogP contribution in [0.3, 0.4) is 0 Å². The monoisotopic (exact) mass is 356 g/mol. The summed E-state index contributed by atoms with van der Waals surface area (Å²) in [5.41, 5.74) is 2.43. The van der Waals surface area contributed by atoms with Gasteiger partial charge in [0.05, 0.1) is 0 Å². The lowest BCUT2D eigenvalue weighted by atomic mass is 10.1. The van der Waals surface area contributed by atoms with E-state index >= 15 is 0 Å². The van der Waals surface area contributed by atoms with Crippen LogP contribution in [0, 0.1) is 13.8 Å². The third kappa shape index (κ3) is 4.51. The molecule has 3 rings (SSSR count). The Hall–Kier alpha value is -2.18. The van der Waals surface area contributed by atoms with Gasteiger partial charge in [0.25, 0.3) is 5.91 Å². The molecule has 0 unspecified atom stereocenters. The number of carbonyl (C=O) groups is 1. The summed E-state index contributed by atoms with van der Waals surface area (Å²) in [5, 5.41) is 2.97. The van der Waals surface area contributed by atoms with Gasteiger partial charge in [-0.05, 0) is 32.5 Å². The lowest BCUT2D eigenvalue weighted by Gasteiger charge is -2.33. The summed E-state index contributed by atoms with van der Waals surface area (Å²) in [6, 6.07) is 7.93. The van der Waals surface area contributed by atoms with Gasteiger partial charge in [-0.15, -0.1) is 0 Å². The van der Waals surface area contributed by atoms with E-state index in [4.69, 9.17) is 4.42 Å². The SMILES string of the molecule is CCN1CCN(CCNC(=O)c2nc(-c3ccc(C)cc3)oc2C)CC1. The number of oxazole rings is 1. The molecular weight excluding hydrogens is 328 g/mol. The molecule has 140 valence electrons. The van der Waals surface area contributed by atoms with Crippen molar-refractivity contribution in [1.82, 2.24) is 20.1 Å². The van der Waals surface area contributed by atoms with E-state index in [2.05, 4.69) is 27.0 Å². The van der Waals surface area contributed by atoms with Crippen molar-refractivity contribution in [1.29, 1.82) is 0 Å². The second kappa shape index (κ2) is 8.47. The highest BCUT2D eigenvalue weighted by Crippen LogP contribution is 2.22. The molecule has 0 aliphatic carbocycles. The summed E-state index contributed by atoms with van der Waals surface area (Å²) in [7, 11) is 0. The minimum atomic E-state index is -0.170. The van der Waals surface area contributed by atoms with Crippen LogP contribution in [0.4, 0.5) is 0 Å². The quantitative estimate of drug-likeness (QED) is 0.861. The summed E-state index contributed by atoms with van der Waals surface area (Å²) in [4.78, 5) is 21.7. The third-order valence-corrected chi connectivity index (χ3v) is 4.94. The van der Waals surface area contributed by atoms with E-state index in [1.54, 1.807) is 6.92 Å². The number of nitrogens with one attached hydrogen (secondary N) is 1. The summed E-state index contributed by atoms with van der Waals surface area (Å²) in [5.74, 6) is 0.870. The first-order valence-electron chi connectivity index (χ1n) is 9.34. The van der Waals surface area contributed by atoms with Crippen LogP contribution >= 0.6 is 0 Å². The number of hydrogen-bond acceptors (Lipinski definition) is 5. The number of nitrogens with zero attached hydrogens (tertiary/aromatic N) is 3. The Morgan fingerprint density at radius 3 is 2.42 bits per heavy atom. The van der Waals surface area contributed by atoms with Gasteiger partial charge in [0.15, 0.2) is 5.69 Å². The standard InChI is InChI=1S/C20H28N4O2/c1-4-23-11-13-24(14-12-23)10-9-21-19(25)18-16(3)26-20(22-18)17-7-5-15(2)6-8-17/h5-8H,4,9-14H2,1-3H3,(H,21,25). The number of carbonyl (C=O) groups excluding carboxylic acids is 1. The molecule has 1 aliphatic rings. The van der Waals surface area contributed by atoms with Crippen molar-refractivity contribution in [3.8, 4) is 11.5 Å². The van der Waals surface area contributed by atoms with Crippen molar-refractivity contribution in [3.05, 3.63) is 41.3 Å². The van der Waals surface area contributed by atoms with E-state index in [1.165, 1.54) is 5.56 Å². The summed E-state index contributed by atoms with van der Waals surface area (Å²) < 4.78 is 5.69. The van der Waals surface area contributed by atoms with Gasteiger partial charge in [-0.2, -0.15) is 0 Å². The van der Waals surface area contributed by atoms with E-state index in [-0.39, 0.29) is 5.91 Å². The van der Waals surface area contributed by atoms with E-state index in [0.717, 1.165) is 44.8 Å². The molecule has 2 heterocycles. The highest BCUT2D eigenvalue weighted by molar-refractivity contribution is 5.93. The molecule has 2 aromatic rings. The maximum absolute atomic E-state index is 12.4. The Morgan fingerprint density at radius 2 is 1.77 bits per heavy atom. The van der Waals surface area contributed by atoms with Crippen LogP contribution in [0.15, 0.2) is 28.7 Å². The molecule has 0 saturated carbocycles. The molecule has 0 bridgehead atoms. The first-order valence-corrected chi connectivity index (χ1v) is 9.34. The third-order valence-electron chi connectivity index (χ3n) is 4.94. The molecule has 26 heavy (non-hydrogen) atoms. The smallest absolute Gasteiger partial charge is 0.273 e. The van der Waals surface area contributed by atoms with Gasteiger partial charge in [-0.1, -0.05) is 24.6 Å². The van der Waals surface area contributed by atoms with Gasteiger partial charge in [-0.3, -0.25) is 9.69 Å². The average molecular weight is 356 g/mol. The normalized spacial score (nSPS) is 16.0. The molecule has 0 radical (unpaired) electrons. The Bertz CT molecular complexity index is 731. The topological polar surface area (TPSA) is 61.6 Å². The Morgan fingerprint density at radius 1 is 1.12 bits per heavy atom. The lowest BCUT2D eigenvalue weighted by Crippen LogP contribution is -2.48. The van der Waals surface area contributed by atoms with Crippen LogP contribution in [0.5, 0.6) is 0 Å². The Kier molecular flexibility index (Phi) is 6.06. The van der Waals surface area contributed by atoms with Crippen molar-refractivity contribution in [3.63, 3.8) is 0 Å². The zero-order valence-corrected chi connectivity index (χ0v) is 15.9. The van der Waals surface area contributed by atoms with Crippen LogP contribution < -0.4 is 5.32 Å². The lowest BCUT2D eigenvalue weighted by molar-refractivity contribution is 0.0932. The fourth-order valence-corrected chi connectivity index (χ4v) is 3.17. The van der Waals surface area contributed by atoms with E-state index in [9.17, 15) is 4.79 Å². The van der Waals surface area contributed by atoms with Gasteiger partial charge in [-0.25, -0.2) is 4.98 Å². The van der Waals surface area contributed by atoms with Crippen molar-refractivity contribution >= 4 is 5.91 Å². The van der Waals surface area contributed by atoms with Crippen LogP contribution in [0.1, 0.15) is 28.7 Å². The summed E-state index contributed by atoms with van der Waals surface area (Å²) in [6.45, 7) is 12.9. The van der Waals surface area contributed by atoms with Crippen molar-refractivity contribution < 1.29 is 9.21 Å². The van der Waals surface area contributed by atoms with Crippen molar-refractivity contribution in [2.45, 2.75) is 20.8 Å². The molecule has 6 nitrogen and oxygen atoms in total. The summed E-state index contributed by atoms with van der Waals surface area (Å²) in [6.07, 6.45) is 0. The second-order valence-corrected chi connectivity index (χ2v) is 6.82. The van der Waals surface area contributed by atoms with Crippen LogP contribution in [0.2, 0.25) is 0 Å². The molecule has 1 aliphatic heterocycles. The van der Waals surface area contributed by atoms with Crippen molar-refractivity contribution in [2.75, 3.05) is 45.8 Å². The number of likely N-dealkylation sites (N-methyl/N-ethyl adjacent to an activating group) is 1. The molecule has 6 heteroatoms. The molecule has 1 aromatic heterocycles. The number of hydrogen-bond donors (Lipinski definition) is 1. The van der Waals surface area contributed by atoms with E-state index in [1.807, 2.05) is 31.2 Å². The molecule has 1 saturated heterocycles. The zero-order valence-electron chi connectivity index (χ0n) is 15.9. The number of benzene rings is 1. The van der Waals surface area contributed by atoms with E-state index in [0.29, 0.717) is 23.9 Å². The maximum Gasteiger partial charge on any atom is 0.273 e. The minimum Gasteiger partial charge on any atom is -0.441 e. The zero-order chi connectivity index (χ0) is 18.5. The van der Waals surface area contributed by atoms with Gasteiger partial charge in [0, 0.05) is 44.8 Å². The molecule has 1 fully saturated rings. The second-order valence-electron chi connectivity index (χ2n) is 6.82. The fraction of sp³-hybridized carbons (Fsp3) is 0.500. The van der Waals surface area contributed by atoms with Gasteiger partial charge in [0.1, 0.15) is 5.76 Å². The Balaban J connectivity index is 1.53. The molecule has 1 N–H and O–H groups in total. The van der Waals surface area contributed by atoms with Gasteiger partial charge >= 0.3 is 0 Å². The highest BCUT2D eigenvalue weighted by Gasteiger charge is 2.19.